The van der Waals surface area contributed by atoms with Crippen LogP contribution in [0.2, 0.25) is 0 Å². The van der Waals surface area contributed by atoms with Gasteiger partial charge in [-0.1, -0.05) is 12.8 Å². The third-order valence-electron chi connectivity index (χ3n) is 4.00. The zero-order valence-electron chi connectivity index (χ0n) is 15.7. The summed E-state index contributed by atoms with van der Waals surface area (Å²) >= 11 is 0. The van der Waals surface area contributed by atoms with Crippen molar-refractivity contribution in [3.63, 3.8) is 0 Å². The third kappa shape index (κ3) is 5.94. The Hall–Kier alpha value is -2.77. The van der Waals surface area contributed by atoms with E-state index in [0.29, 0.717) is 6.42 Å². The van der Waals surface area contributed by atoms with Gasteiger partial charge in [-0.15, -0.1) is 0 Å². The molecule has 0 aromatic carbocycles. The summed E-state index contributed by atoms with van der Waals surface area (Å²) in [6.07, 6.45) is 13.1. The quantitative estimate of drug-likeness (QED) is 0.652. The zero-order chi connectivity index (χ0) is 18.8. The lowest BCUT2D eigenvalue weighted by molar-refractivity contribution is -0.120. The number of hydrogen-bond acceptors (Lipinski definition) is 7. The smallest absolute Gasteiger partial charge is 0.219 e. The van der Waals surface area contributed by atoms with Crippen molar-refractivity contribution >= 4 is 23.4 Å². The third-order valence-corrected chi connectivity index (χ3v) is 4.00. The molecule has 2 aromatic rings. The molecule has 0 aliphatic rings. The molecule has 0 aliphatic heterocycles. The van der Waals surface area contributed by atoms with E-state index in [0.717, 1.165) is 49.7 Å². The summed E-state index contributed by atoms with van der Waals surface area (Å²) in [5.74, 6) is 2.41. The van der Waals surface area contributed by atoms with Crippen LogP contribution in [0.15, 0.2) is 31.0 Å². The summed E-state index contributed by atoms with van der Waals surface area (Å²) in [4.78, 5) is 32.7. The van der Waals surface area contributed by atoms with E-state index in [-0.39, 0.29) is 5.91 Å². The van der Waals surface area contributed by atoms with Crippen LogP contribution in [0.25, 0.3) is 0 Å². The first kappa shape index (κ1) is 19.6. The Kier molecular flexibility index (Phi) is 7.73. The Morgan fingerprint density at radius 2 is 1.62 bits per heavy atom. The maximum atomic E-state index is 11.2. The van der Waals surface area contributed by atoms with E-state index in [2.05, 4.69) is 25.3 Å². The molecule has 0 saturated heterocycles. The van der Waals surface area contributed by atoms with Gasteiger partial charge in [0.25, 0.3) is 0 Å². The SMILES string of the molecule is CNC(=O)CCCCCCN(c1cnccn1)c1cnc(N(C)C)cn1. The summed E-state index contributed by atoms with van der Waals surface area (Å²) in [6, 6.07) is 0. The summed E-state index contributed by atoms with van der Waals surface area (Å²) < 4.78 is 0. The topological polar surface area (TPSA) is 87.1 Å². The van der Waals surface area contributed by atoms with Crippen LogP contribution in [0.4, 0.5) is 17.5 Å². The highest BCUT2D eigenvalue weighted by atomic mass is 16.1. The van der Waals surface area contributed by atoms with E-state index in [1.807, 2.05) is 23.9 Å². The molecule has 2 heterocycles. The molecule has 0 spiro atoms. The molecule has 0 atom stereocenters. The largest absolute Gasteiger partial charge is 0.361 e. The molecule has 0 saturated carbocycles. The minimum Gasteiger partial charge on any atom is -0.361 e. The van der Waals surface area contributed by atoms with E-state index >= 15 is 0 Å². The van der Waals surface area contributed by atoms with Gasteiger partial charge in [0.05, 0.1) is 18.6 Å². The van der Waals surface area contributed by atoms with Gasteiger partial charge in [0.1, 0.15) is 5.82 Å². The van der Waals surface area contributed by atoms with Crippen LogP contribution in [-0.2, 0) is 4.79 Å². The summed E-state index contributed by atoms with van der Waals surface area (Å²) in [6.45, 7) is 0.772. The summed E-state index contributed by atoms with van der Waals surface area (Å²) in [5.41, 5.74) is 0. The van der Waals surface area contributed by atoms with Gasteiger partial charge >= 0.3 is 0 Å². The number of amides is 1. The number of anilines is 3. The average Bonchev–Trinajstić information content (AvgIpc) is 2.68. The van der Waals surface area contributed by atoms with Crippen molar-refractivity contribution in [2.75, 3.05) is 37.5 Å². The lowest BCUT2D eigenvalue weighted by atomic mass is 10.1. The number of hydrogen-bond donors (Lipinski definition) is 1. The second-order valence-corrected chi connectivity index (χ2v) is 6.18. The van der Waals surface area contributed by atoms with Gasteiger partial charge < -0.3 is 15.1 Å². The average molecular weight is 357 g/mol. The molecule has 0 radical (unpaired) electrons. The normalized spacial score (nSPS) is 10.4. The van der Waals surface area contributed by atoms with E-state index in [1.54, 1.807) is 38.0 Å². The van der Waals surface area contributed by atoms with Crippen LogP contribution < -0.4 is 15.1 Å². The molecule has 1 amide bonds. The van der Waals surface area contributed by atoms with Gasteiger partial charge in [-0.2, -0.15) is 0 Å². The molecule has 26 heavy (non-hydrogen) atoms. The minimum absolute atomic E-state index is 0.0995. The molecule has 0 fully saturated rings. The van der Waals surface area contributed by atoms with Gasteiger partial charge in [0.2, 0.25) is 5.91 Å². The number of unbranched alkanes of at least 4 members (excludes halogenated alkanes) is 3. The van der Waals surface area contributed by atoms with Crippen LogP contribution in [-0.4, -0.2) is 53.5 Å². The van der Waals surface area contributed by atoms with Crippen LogP contribution >= 0.6 is 0 Å². The lowest BCUT2D eigenvalue weighted by Gasteiger charge is -2.22. The van der Waals surface area contributed by atoms with Crippen molar-refractivity contribution in [1.29, 1.82) is 0 Å². The Balaban J connectivity index is 1.96. The first-order chi connectivity index (χ1) is 12.6. The molecule has 2 rings (SSSR count). The highest BCUT2D eigenvalue weighted by Crippen LogP contribution is 2.21. The van der Waals surface area contributed by atoms with Crippen molar-refractivity contribution in [3.8, 4) is 0 Å². The number of carbonyl (C=O) groups excluding carboxylic acids is 1. The monoisotopic (exact) mass is 357 g/mol. The maximum Gasteiger partial charge on any atom is 0.219 e. The van der Waals surface area contributed by atoms with Gasteiger partial charge in [0.15, 0.2) is 11.6 Å². The van der Waals surface area contributed by atoms with Gasteiger partial charge in [-0.05, 0) is 12.8 Å². The standard InChI is InChI=1S/C18H27N7O/c1-19-18(26)8-6-4-5-7-11-25(16-12-20-9-10-21-16)17-14-22-15(13-23-17)24(2)3/h9-10,12-14H,4-8,11H2,1-3H3,(H,19,26). The van der Waals surface area contributed by atoms with Gasteiger partial charge in [-0.3, -0.25) is 9.78 Å². The Bertz CT molecular complexity index is 661. The highest BCUT2D eigenvalue weighted by molar-refractivity contribution is 5.75. The van der Waals surface area contributed by atoms with Crippen LogP contribution in [0.3, 0.4) is 0 Å². The molecule has 140 valence electrons. The minimum atomic E-state index is 0.0995. The van der Waals surface area contributed by atoms with E-state index in [9.17, 15) is 4.79 Å². The molecule has 0 bridgehead atoms. The predicted octanol–water partition coefficient (Wildman–Crippen LogP) is 2.17. The number of aromatic nitrogens is 4. The van der Waals surface area contributed by atoms with E-state index < -0.39 is 0 Å². The Morgan fingerprint density at radius 1 is 0.923 bits per heavy atom. The fraction of sp³-hybridized carbons (Fsp3) is 0.500. The maximum absolute atomic E-state index is 11.2. The molecular weight excluding hydrogens is 330 g/mol. The second-order valence-electron chi connectivity index (χ2n) is 6.18. The van der Waals surface area contributed by atoms with Crippen molar-refractivity contribution < 1.29 is 4.79 Å². The van der Waals surface area contributed by atoms with Crippen molar-refractivity contribution in [2.45, 2.75) is 32.1 Å². The molecule has 1 N–H and O–H groups in total. The molecule has 8 nitrogen and oxygen atoms in total. The lowest BCUT2D eigenvalue weighted by Crippen LogP contribution is -2.22. The van der Waals surface area contributed by atoms with Crippen LogP contribution in [0.5, 0.6) is 0 Å². The van der Waals surface area contributed by atoms with Crippen molar-refractivity contribution in [2.24, 2.45) is 0 Å². The van der Waals surface area contributed by atoms with Crippen LogP contribution in [0.1, 0.15) is 32.1 Å². The number of nitrogens with zero attached hydrogens (tertiary/aromatic N) is 6. The summed E-state index contributed by atoms with van der Waals surface area (Å²) in [5, 5.41) is 2.65. The van der Waals surface area contributed by atoms with Crippen molar-refractivity contribution in [3.05, 3.63) is 31.0 Å². The Morgan fingerprint density at radius 3 is 2.23 bits per heavy atom. The van der Waals surface area contributed by atoms with Crippen molar-refractivity contribution in [1.82, 2.24) is 25.3 Å². The fourth-order valence-electron chi connectivity index (χ4n) is 2.50. The highest BCUT2D eigenvalue weighted by Gasteiger charge is 2.13. The fourth-order valence-corrected chi connectivity index (χ4v) is 2.50. The van der Waals surface area contributed by atoms with Gasteiger partial charge in [0, 0.05) is 46.5 Å². The zero-order valence-corrected chi connectivity index (χ0v) is 15.7. The first-order valence-electron chi connectivity index (χ1n) is 8.85. The molecule has 8 heteroatoms. The number of rotatable bonds is 10. The molecule has 0 aliphatic carbocycles. The predicted molar refractivity (Wildman–Crippen MR) is 103 cm³/mol. The van der Waals surface area contributed by atoms with E-state index in [4.69, 9.17) is 0 Å². The van der Waals surface area contributed by atoms with Gasteiger partial charge in [-0.25, -0.2) is 15.0 Å². The summed E-state index contributed by atoms with van der Waals surface area (Å²) in [7, 11) is 5.54. The van der Waals surface area contributed by atoms with E-state index in [1.165, 1.54) is 0 Å². The first-order valence-corrected chi connectivity index (χ1v) is 8.85. The molecular formula is C18H27N7O. The molecule has 0 unspecified atom stereocenters. The second kappa shape index (κ2) is 10.3. The molecule has 2 aromatic heterocycles. The van der Waals surface area contributed by atoms with Crippen LogP contribution in [0, 0.1) is 0 Å². The number of carbonyl (C=O) groups is 1. The Labute approximate surface area is 154 Å². The number of nitrogens with one attached hydrogen (secondary N) is 1.